The highest BCUT2D eigenvalue weighted by atomic mass is 16.5. The lowest BCUT2D eigenvalue weighted by molar-refractivity contribution is 0.402. The molecule has 0 aliphatic heterocycles. The normalized spacial score (nSPS) is 9.84. The van der Waals surface area contributed by atoms with E-state index in [1.54, 1.807) is 14.2 Å². The van der Waals surface area contributed by atoms with Gasteiger partial charge in [0.15, 0.2) is 0 Å². The molecule has 0 spiro atoms. The van der Waals surface area contributed by atoms with E-state index < -0.39 is 0 Å². The lowest BCUT2D eigenvalue weighted by atomic mass is 9.98. The number of aliphatic imine (C=N–C) groups is 1. The van der Waals surface area contributed by atoms with Crippen LogP contribution in [-0.4, -0.2) is 20.1 Å². The summed E-state index contributed by atoms with van der Waals surface area (Å²) in [6, 6.07) is 25.5. The van der Waals surface area contributed by atoms with E-state index in [2.05, 4.69) is 10.9 Å². The van der Waals surface area contributed by atoms with E-state index in [0.29, 0.717) is 0 Å². The third kappa shape index (κ3) is 3.97. The van der Waals surface area contributed by atoms with Gasteiger partial charge in [0, 0.05) is 5.56 Å². The van der Waals surface area contributed by atoms with Gasteiger partial charge in [-0.2, -0.15) is 0 Å². The maximum atomic E-state index is 5.54. The summed E-state index contributed by atoms with van der Waals surface area (Å²) in [6.45, 7) is 0. The molecule has 0 aliphatic rings. The third-order valence-corrected chi connectivity index (χ3v) is 3.79. The first-order chi connectivity index (χ1) is 12.3. The molecule has 0 saturated heterocycles. The molecule has 0 atom stereocenters. The molecule has 3 nitrogen and oxygen atoms in total. The number of benzene rings is 3. The number of methoxy groups -OCH3 is 2. The molecule has 25 heavy (non-hydrogen) atoms. The van der Waals surface area contributed by atoms with Crippen molar-refractivity contribution >= 4 is 17.1 Å². The fraction of sp³-hybridized carbons (Fsp3) is 0.0909. The van der Waals surface area contributed by atoms with Crippen LogP contribution < -0.4 is 9.47 Å². The van der Waals surface area contributed by atoms with Crippen molar-refractivity contribution < 1.29 is 9.47 Å². The molecular formula is C22H19NO2. The summed E-state index contributed by atoms with van der Waals surface area (Å²) < 4.78 is 10.9. The SMILES string of the molecule is COc1ccc(OC)c(C(=C=Nc2ccccc2)c2ccccc2)c1. The van der Waals surface area contributed by atoms with Crippen molar-refractivity contribution in [2.75, 3.05) is 14.2 Å². The number of rotatable bonds is 5. The zero-order valence-corrected chi connectivity index (χ0v) is 14.3. The van der Waals surface area contributed by atoms with Crippen LogP contribution in [0.1, 0.15) is 11.1 Å². The van der Waals surface area contributed by atoms with Gasteiger partial charge in [0.05, 0.1) is 25.5 Å². The molecule has 0 N–H and O–H groups in total. The largest absolute Gasteiger partial charge is 0.497 e. The molecule has 0 aliphatic carbocycles. The quantitative estimate of drug-likeness (QED) is 0.607. The zero-order chi connectivity index (χ0) is 17.5. The average Bonchev–Trinajstić information content (AvgIpc) is 2.69. The summed E-state index contributed by atoms with van der Waals surface area (Å²) >= 11 is 0. The van der Waals surface area contributed by atoms with E-state index in [-0.39, 0.29) is 0 Å². The van der Waals surface area contributed by atoms with Crippen LogP contribution >= 0.6 is 0 Å². The van der Waals surface area contributed by atoms with Crippen LogP contribution in [0.4, 0.5) is 5.69 Å². The van der Waals surface area contributed by atoms with Crippen molar-refractivity contribution in [3.05, 3.63) is 90.0 Å². The maximum Gasteiger partial charge on any atom is 0.127 e. The number of hydrogen-bond acceptors (Lipinski definition) is 3. The van der Waals surface area contributed by atoms with Gasteiger partial charge >= 0.3 is 0 Å². The third-order valence-electron chi connectivity index (χ3n) is 3.79. The van der Waals surface area contributed by atoms with E-state index in [1.165, 1.54) is 0 Å². The van der Waals surface area contributed by atoms with E-state index in [9.17, 15) is 0 Å². The summed E-state index contributed by atoms with van der Waals surface area (Å²) in [5, 5.41) is 0. The Morgan fingerprint density at radius 2 is 1.48 bits per heavy atom. The smallest absolute Gasteiger partial charge is 0.127 e. The van der Waals surface area contributed by atoms with Crippen molar-refractivity contribution in [1.29, 1.82) is 0 Å². The Morgan fingerprint density at radius 1 is 0.800 bits per heavy atom. The minimum absolute atomic E-state index is 0.746. The fourth-order valence-corrected chi connectivity index (χ4v) is 2.52. The molecule has 0 saturated carbocycles. The van der Waals surface area contributed by atoms with E-state index in [4.69, 9.17) is 9.47 Å². The molecule has 0 heterocycles. The number of para-hydroxylation sites is 1. The molecule has 3 heteroatoms. The van der Waals surface area contributed by atoms with E-state index in [1.807, 2.05) is 78.9 Å². The monoisotopic (exact) mass is 329 g/mol. The Balaban J connectivity index is 2.21. The lowest BCUT2D eigenvalue weighted by Crippen LogP contribution is -1.95. The molecule has 0 amide bonds. The highest BCUT2D eigenvalue weighted by Gasteiger charge is 2.12. The predicted octanol–water partition coefficient (Wildman–Crippen LogP) is 5.14. The second-order valence-corrected chi connectivity index (χ2v) is 5.37. The van der Waals surface area contributed by atoms with Crippen molar-refractivity contribution in [1.82, 2.24) is 0 Å². The summed E-state index contributed by atoms with van der Waals surface area (Å²) in [4.78, 5) is 4.51. The molecular weight excluding hydrogens is 310 g/mol. The molecule has 124 valence electrons. The molecule has 3 aromatic carbocycles. The van der Waals surface area contributed by atoms with Crippen molar-refractivity contribution in [2.45, 2.75) is 0 Å². The Bertz CT molecular complexity index is 896. The van der Waals surface area contributed by atoms with Gasteiger partial charge in [-0.05, 0) is 41.8 Å². The van der Waals surface area contributed by atoms with Crippen LogP contribution in [0.25, 0.3) is 5.57 Å². The summed E-state index contributed by atoms with van der Waals surface area (Å²) in [5.41, 5.74) is 3.58. The first-order valence-corrected chi connectivity index (χ1v) is 7.98. The fourth-order valence-electron chi connectivity index (χ4n) is 2.52. The van der Waals surface area contributed by atoms with Crippen LogP contribution in [0.2, 0.25) is 0 Å². The van der Waals surface area contributed by atoms with Gasteiger partial charge in [0.25, 0.3) is 0 Å². The second kappa shape index (κ2) is 8.00. The van der Waals surface area contributed by atoms with E-state index >= 15 is 0 Å². The number of ether oxygens (including phenoxy) is 2. The number of nitrogens with zero attached hydrogens (tertiary/aromatic N) is 1. The summed E-state index contributed by atoms with van der Waals surface area (Å²) in [7, 11) is 3.30. The molecule has 0 fully saturated rings. The van der Waals surface area contributed by atoms with Crippen LogP contribution in [0, 0.1) is 0 Å². The molecule has 0 radical (unpaired) electrons. The first kappa shape index (κ1) is 16.6. The summed E-state index contributed by atoms with van der Waals surface area (Å²) in [6.07, 6.45) is 0. The maximum absolute atomic E-state index is 5.54. The van der Waals surface area contributed by atoms with Gasteiger partial charge in [0.2, 0.25) is 0 Å². The minimum atomic E-state index is 0.746. The van der Waals surface area contributed by atoms with Crippen molar-refractivity contribution in [3.8, 4) is 11.5 Å². The van der Waals surface area contributed by atoms with E-state index in [0.717, 1.165) is 33.9 Å². The molecule has 0 aromatic heterocycles. The Kier molecular flexibility index (Phi) is 5.30. The molecule has 0 unspecified atom stereocenters. The van der Waals surface area contributed by atoms with Gasteiger partial charge in [-0.15, -0.1) is 0 Å². The van der Waals surface area contributed by atoms with Gasteiger partial charge in [-0.3, -0.25) is 0 Å². The molecule has 3 rings (SSSR count). The minimum Gasteiger partial charge on any atom is -0.497 e. The first-order valence-electron chi connectivity index (χ1n) is 7.98. The Hall–Kier alpha value is -3.29. The van der Waals surface area contributed by atoms with Gasteiger partial charge in [-0.1, -0.05) is 48.5 Å². The molecule has 0 bridgehead atoms. The highest BCUT2D eigenvalue weighted by molar-refractivity contribution is 6.01. The highest BCUT2D eigenvalue weighted by Crippen LogP contribution is 2.32. The number of hydrogen-bond donors (Lipinski definition) is 0. The average molecular weight is 329 g/mol. The topological polar surface area (TPSA) is 30.8 Å². The Morgan fingerprint density at radius 3 is 2.12 bits per heavy atom. The predicted molar refractivity (Wildman–Crippen MR) is 102 cm³/mol. The van der Waals surface area contributed by atoms with Gasteiger partial charge in [0.1, 0.15) is 11.5 Å². The second-order valence-electron chi connectivity index (χ2n) is 5.37. The van der Waals surface area contributed by atoms with Crippen molar-refractivity contribution in [2.24, 2.45) is 4.99 Å². The Labute approximate surface area is 147 Å². The zero-order valence-electron chi connectivity index (χ0n) is 14.3. The van der Waals surface area contributed by atoms with Gasteiger partial charge < -0.3 is 9.47 Å². The van der Waals surface area contributed by atoms with Crippen molar-refractivity contribution in [3.63, 3.8) is 0 Å². The molecule has 3 aromatic rings. The van der Waals surface area contributed by atoms with Gasteiger partial charge in [-0.25, -0.2) is 4.99 Å². The van der Waals surface area contributed by atoms with Crippen LogP contribution in [0.5, 0.6) is 11.5 Å². The van der Waals surface area contributed by atoms with Crippen LogP contribution in [0.15, 0.2) is 83.9 Å². The summed E-state index contributed by atoms with van der Waals surface area (Å²) in [5.74, 6) is 4.70. The van der Waals surface area contributed by atoms with Crippen LogP contribution in [-0.2, 0) is 0 Å². The lowest BCUT2D eigenvalue weighted by Gasteiger charge is -2.12. The van der Waals surface area contributed by atoms with Crippen LogP contribution in [0.3, 0.4) is 0 Å². The standard InChI is InChI=1S/C22H19NO2/c1-24-19-13-14-22(25-2)20(15-19)21(17-9-5-3-6-10-17)16-23-18-11-7-4-8-12-18/h3-15H,1-2H3.